The van der Waals surface area contributed by atoms with Crippen LogP contribution in [0.4, 0.5) is 5.82 Å². The van der Waals surface area contributed by atoms with Gasteiger partial charge in [-0.25, -0.2) is 0 Å². The average Bonchev–Trinajstić information content (AvgIpc) is 2.55. The van der Waals surface area contributed by atoms with Gasteiger partial charge in [-0.05, 0) is 6.92 Å². The molecule has 0 aromatic carbocycles. The first-order valence-electron chi connectivity index (χ1n) is 4.80. The second kappa shape index (κ2) is 5.35. The Morgan fingerprint density at radius 3 is 3.00 bits per heavy atom. The number of carbonyl (C=O) groups is 1. The first kappa shape index (κ1) is 11.5. The number of ether oxygens (including phenoxy) is 1. The molecule has 0 saturated heterocycles. The lowest BCUT2D eigenvalue weighted by Crippen LogP contribution is -2.27. The van der Waals surface area contributed by atoms with Crippen LogP contribution < -0.4 is 11.1 Å². The third-order valence-corrected chi connectivity index (χ3v) is 1.97. The molecule has 1 aromatic rings. The Labute approximate surface area is 88.4 Å². The van der Waals surface area contributed by atoms with Gasteiger partial charge in [-0.2, -0.15) is 5.10 Å². The molecular formula is C9H16N4O2. The summed E-state index contributed by atoms with van der Waals surface area (Å²) in [4.78, 5) is 11.5. The highest BCUT2D eigenvalue weighted by atomic mass is 16.5. The van der Waals surface area contributed by atoms with Gasteiger partial charge in [-0.3, -0.25) is 9.48 Å². The van der Waals surface area contributed by atoms with Gasteiger partial charge >= 0.3 is 0 Å². The molecule has 1 aromatic heterocycles. The minimum atomic E-state index is -0.222. The lowest BCUT2D eigenvalue weighted by atomic mass is 10.3. The van der Waals surface area contributed by atoms with E-state index in [9.17, 15) is 4.79 Å². The summed E-state index contributed by atoms with van der Waals surface area (Å²) in [7, 11) is 1.69. The summed E-state index contributed by atoms with van der Waals surface area (Å²) in [6, 6.07) is 0. The highest BCUT2D eigenvalue weighted by Gasteiger charge is 2.12. The highest BCUT2D eigenvalue weighted by molar-refractivity contribution is 5.98. The Morgan fingerprint density at radius 2 is 2.47 bits per heavy atom. The molecule has 1 rings (SSSR count). The van der Waals surface area contributed by atoms with Crippen LogP contribution in [0.1, 0.15) is 17.3 Å². The minimum absolute atomic E-state index is 0.222. The quantitative estimate of drug-likeness (QED) is 0.660. The van der Waals surface area contributed by atoms with Gasteiger partial charge in [0.05, 0.1) is 12.8 Å². The van der Waals surface area contributed by atoms with Crippen molar-refractivity contribution in [2.24, 2.45) is 7.05 Å². The maximum absolute atomic E-state index is 11.5. The smallest absolute Gasteiger partial charge is 0.256 e. The maximum Gasteiger partial charge on any atom is 0.256 e. The number of nitrogens with zero attached hydrogens (tertiary/aromatic N) is 2. The van der Waals surface area contributed by atoms with Crippen LogP contribution in [0.3, 0.4) is 0 Å². The normalized spacial score (nSPS) is 10.3. The number of hydrogen-bond acceptors (Lipinski definition) is 4. The lowest BCUT2D eigenvalue weighted by molar-refractivity contribution is 0.0923. The Morgan fingerprint density at radius 1 is 1.73 bits per heavy atom. The second-order valence-electron chi connectivity index (χ2n) is 3.02. The molecular weight excluding hydrogens is 196 g/mol. The van der Waals surface area contributed by atoms with Gasteiger partial charge in [0.25, 0.3) is 5.91 Å². The third kappa shape index (κ3) is 2.95. The number of rotatable bonds is 5. The molecule has 0 saturated carbocycles. The predicted octanol–water partition coefficient (Wildman–Crippen LogP) is -0.231. The molecule has 84 valence electrons. The van der Waals surface area contributed by atoms with Crippen LogP contribution in [0.25, 0.3) is 0 Å². The Hall–Kier alpha value is -1.56. The fourth-order valence-corrected chi connectivity index (χ4v) is 1.10. The van der Waals surface area contributed by atoms with Crippen molar-refractivity contribution < 1.29 is 9.53 Å². The molecule has 0 fully saturated rings. The third-order valence-electron chi connectivity index (χ3n) is 1.97. The molecule has 0 unspecified atom stereocenters. The fraction of sp³-hybridized carbons (Fsp3) is 0.556. The Bertz CT molecular complexity index is 335. The summed E-state index contributed by atoms with van der Waals surface area (Å²) in [6.07, 6.45) is 1.45. The number of nitrogen functional groups attached to an aromatic ring is 1. The molecule has 3 N–H and O–H groups in total. The summed E-state index contributed by atoms with van der Waals surface area (Å²) < 4.78 is 6.54. The Balaban J connectivity index is 2.44. The zero-order valence-corrected chi connectivity index (χ0v) is 8.99. The van der Waals surface area contributed by atoms with Crippen molar-refractivity contribution in [2.45, 2.75) is 6.92 Å². The largest absolute Gasteiger partial charge is 0.383 e. The van der Waals surface area contributed by atoms with Gasteiger partial charge < -0.3 is 15.8 Å². The van der Waals surface area contributed by atoms with E-state index in [0.717, 1.165) is 0 Å². The number of nitrogens with two attached hydrogens (primary N) is 1. The van der Waals surface area contributed by atoms with Crippen LogP contribution in [0.2, 0.25) is 0 Å². The van der Waals surface area contributed by atoms with E-state index in [0.29, 0.717) is 31.1 Å². The van der Waals surface area contributed by atoms with Gasteiger partial charge in [0, 0.05) is 20.2 Å². The van der Waals surface area contributed by atoms with Crippen LogP contribution in [-0.4, -0.2) is 35.4 Å². The number of anilines is 1. The van der Waals surface area contributed by atoms with Crippen LogP contribution in [0.15, 0.2) is 6.20 Å². The molecule has 6 heteroatoms. The number of aryl methyl sites for hydroxylation is 1. The second-order valence-corrected chi connectivity index (χ2v) is 3.02. The van der Waals surface area contributed by atoms with Gasteiger partial charge in [-0.15, -0.1) is 0 Å². The molecule has 0 radical (unpaired) electrons. The van der Waals surface area contributed by atoms with Crippen molar-refractivity contribution in [2.75, 3.05) is 25.5 Å². The molecule has 15 heavy (non-hydrogen) atoms. The topological polar surface area (TPSA) is 82.2 Å². The van der Waals surface area contributed by atoms with E-state index in [4.69, 9.17) is 10.5 Å². The number of nitrogens with one attached hydrogen (secondary N) is 1. The SMILES string of the molecule is CCOCCNC(=O)c1cnn(C)c1N. The lowest BCUT2D eigenvalue weighted by Gasteiger charge is -2.04. The number of carbonyl (C=O) groups excluding carboxylic acids is 1. The van der Waals surface area contributed by atoms with E-state index >= 15 is 0 Å². The fourth-order valence-electron chi connectivity index (χ4n) is 1.10. The minimum Gasteiger partial charge on any atom is -0.383 e. The van der Waals surface area contributed by atoms with Crippen molar-refractivity contribution in [1.82, 2.24) is 15.1 Å². The number of amides is 1. The predicted molar refractivity (Wildman–Crippen MR) is 56.4 cm³/mol. The maximum atomic E-state index is 11.5. The molecule has 0 aliphatic carbocycles. The summed E-state index contributed by atoms with van der Waals surface area (Å²) in [5, 5.41) is 6.57. The summed E-state index contributed by atoms with van der Waals surface area (Å²) in [5.74, 6) is 0.143. The van der Waals surface area contributed by atoms with Crippen LogP contribution in [0.5, 0.6) is 0 Å². The summed E-state index contributed by atoms with van der Waals surface area (Å²) in [6.45, 7) is 3.52. The zero-order chi connectivity index (χ0) is 11.3. The molecule has 6 nitrogen and oxygen atoms in total. The summed E-state index contributed by atoms with van der Waals surface area (Å²) in [5.41, 5.74) is 6.04. The average molecular weight is 212 g/mol. The van der Waals surface area contributed by atoms with Gasteiger partial charge in [0.2, 0.25) is 0 Å². The molecule has 0 aliphatic heterocycles. The van der Waals surface area contributed by atoms with E-state index in [2.05, 4.69) is 10.4 Å². The molecule has 0 spiro atoms. The molecule has 0 bridgehead atoms. The van der Waals surface area contributed by atoms with Crippen molar-refractivity contribution in [3.63, 3.8) is 0 Å². The van der Waals surface area contributed by atoms with E-state index in [1.807, 2.05) is 6.92 Å². The van der Waals surface area contributed by atoms with E-state index < -0.39 is 0 Å². The molecule has 1 amide bonds. The van der Waals surface area contributed by atoms with Gasteiger partial charge in [0.1, 0.15) is 11.4 Å². The first-order chi connectivity index (χ1) is 7.16. The van der Waals surface area contributed by atoms with Crippen molar-refractivity contribution in [1.29, 1.82) is 0 Å². The molecule has 0 aliphatic rings. The van der Waals surface area contributed by atoms with E-state index in [1.165, 1.54) is 10.9 Å². The zero-order valence-electron chi connectivity index (χ0n) is 8.99. The highest BCUT2D eigenvalue weighted by Crippen LogP contribution is 2.08. The Kier molecular flexibility index (Phi) is 4.11. The van der Waals surface area contributed by atoms with Crippen LogP contribution >= 0.6 is 0 Å². The van der Waals surface area contributed by atoms with E-state index in [-0.39, 0.29) is 5.91 Å². The summed E-state index contributed by atoms with van der Waals surface area (Å²) >= 11 is 0. The number of hydrogen-bond donors (Lipinski definition) is 2. The molecule has 1 heterocycles. The van der Waals surface area contributed by atoms with Gasteiger partial charge in [0.15, 0.2) is 0 Å². The van der Waals surface area contributed by atoms with Crippen molar-refractivity contribution in [3.8, 4) is 0 Å². The number of aromatic nitrogens is 2. The van der Waals surface area contributed by atoms with E-state index in [1.54, 1.807) is 7.05 Å². The molecule has 0 atom stereocenters. The monoisotopic (exact) mass is 212 g/mol. The van der Waals surface area contributed by atoms with Crippen LogP contribution in [0, 0.1) is 0 Å². The van der Waals surface area contributed by atoms with Crippen LogP contribution in [-0.2, 0) is 11.8 Å². The first-order valence-corrected chi connectivity index (χ1v) is 4.80. The van der Waals surface area contributed by atoms with Gasteiger partial charge in [-0.1, -0.05) is 0 Å². The standard InChI is InChI=1S/C9H16N4O2/c1-3-15-5-4-11-9(14)7-6-12-13(2)8(7)10/h6H,3-5,10H2,1-2H3,(H,11,14). The van der Waals surface area contributed by atoms with Crippen molar-refractivity contribution in [3.05, 3.63) is 11.8 Å². The van der Waals surface area contributed by atoms with Crippen molar-refractivity contribution >= 4 is 11.7 Å².